The topological polar surface area (TPSA) is 132 Å². The highest BCUT2D eigenvalue weighted by Gasteiger charge is 2.55. The van der Waals surface area contributed by atoms with Crippen molar-refractivity contribution < 1.29 is 29.1 Å². The second-order valence-corrected chi connectivity index (χ2v) is 8.41. The average Bonchev–Trinajstić information content (AvgIpc) is 3.19. The molecule has 1 saturated heterocycles. The Labute approximate surface area is 192 Å². The van der Waals surface area contributed by atoms with Crippen LogP contribution < -0.4 is 4.74 Å². The highest BCUT2D eigenvalue weighted by atomic mass is 32.2. The molecule has 170 valence electrons. The van der Waals surface area contributed by atoms with Crippen LogP contribution in [0, 0.1) is 10.1 Å². The Hall–Kier alpha value is -3.86. The number of likely N-dealkylation sites (tertiary alicyclic amines) is 1. The fourth-order valence-corrected chi connectivity index (χ4v) is 4.53. The number of nitro benzene ring substituents is 1. The molecule has 1 N–H and O–H groups in total. The molecule has 0 aromatic heterocycles. The average molecular weight is 469 g/mol. The van der Waals surface area contributed by atoms with Crippen molar-refractivity contribution in [1.82, 2.24) is 4.90 Å². The number of rotatable bonds is 8. The first-order chi connectivity index (χ1) is 15.8. The summed E-state index contributed by atoms with van der Waals surface area (Å²) in [5.74, 6) is -0.984. The van der Waals surface area contributed by atoms with Crippen molar-refractivity contribution in [2.24, 2.45) is 4.99 Å². The number of β-lactam (4-membered cyclic amide) rings is 1. The second kappa shape index (κ2) is 9.33. The zero-order valence-electron chi connectivity index (χ0n) is 17.4. The molecular weight excluding hydrogens is 450 g/mol. The lowest BCUT2D eigenvalue weighted by atomic mass is 10.1. The van der Waals surface area contributed by atoms with Gasteiger partial charge in [0.25, 0.3) is 11.6 Å². The van der Waals surface area contributed by atoms with Crippen molar-refractivity contribution in [1.29, 1.82) is 0 Å². The molecule has 0 aliphatic carbocycles. The van der Waals surface area contributed by atoms with E-state index in [0.717, 1.165) is 0 Å². The number of aliphatic imine (C=N–C) groups is 1. The summed E-state index contributed by atoms with van der Waals surface area (Å²) in [5.41, 5.74) is 0.186. The first-order valence-electron chi connectivity index (χ1n) is 9.89. The molecule has 0 bridgehead atoms. The van der Waals surface area contributed by atoms with Gasteiger partial charge in [0.2, 0.25) is 0 Å². The van der Waals surface area contributed by atoms with Crippen molar-refractivity contribution >= 4 is 34.4 Å². The van der Waals surface area contributed by atoms with Gasteiger partial charge in [-0.2, -0.15) is 0 Å². The number of fused-ring (bicyclic) bond motifs is 1. The predicted molar refractivity (Wildman–Crippen MR) is 120 cm³/mol. The largest absolute Gasteiger partial charge is 0.510 e. The third kappa shape index (κ3) is 4.67. The number of thioether (sulfide) groups is 1. The van der Waals surface area contributed by atoms with Crippen LogP contribution >= 0.6 is 11.8 Å². The van der Waals surface area contributed by atoms with E-state index in [2.05, 4.69) is 4.99 Å². The van der Waals surface area contributed by atoms with E-state index >= 15 is 0 Å². The molecule has 0 radical (unpaired) electrons. The number of aliphatic hydroxyl groups excluding tert-OH is 1. The first-order valence-corrected chi connectivity index (χ1v) is 10.8. The lowest BCUT2D eigenvalue weighted by molar-refractivity contribution is -0.384. The van der Waals surface area contributed by atoms with Gasteiger partial charge in [-0.25, -0.2) is 4.79 Å². The fourth-order valence-electron chi connectivity index (χ4n) is 3.33. The molecule has 2 aliphatic heterocycles. The van der Waals surface area contributed by atoms with Crippen molar-refractivity contribution in [3.63, 3.8) is 0 Å². The van der Waals surface area contributed by atoms with Gasteiger partial charge in [-0.15, -0.1) is 0 Å². The molecule has 1 fully saturated rings. The summed E-state index contributed by atoms with van der Waals surface area (Å²) < 4.78 is 10.9. The van der Waals surface area contributed by atoms with Gasteiger partial charge in [0.1, 0.15) is 35.1 Å². The van der Waals surface area contributed by atoms with Crippen molar-refractivity contribution in [2.75, 3.05) is 6.61 Å². The number of nitrogens with zero attached hydrogens (tertiary/aromatic N) is 3. The van der Waals surface area contributed by atoms with Crippen LogP contribution in [-0.2, 0) is 20.9 Å². The van der Waals surface area contributed by atoms with Gasteiger partial charge < -0.3 is 14.6 Å². The number of allylic oxidation sites excluding steroid dienone is 1. The molecule has 2 atom stereocenters. The number of nitro groups is 1. The summed E-state index contributed by atoms with van der Waals surface area (Å²) in [6.45, 7) is 1.30. The first kappa shape index (κ1) is 22.3. The van der Waals surface area contributed by atoms with E-state index in [4.69, 9.17) is 9.47 Å². The molecule has 2 heterocycles. The number of carbonyl (C=O) groups is 2. The predicted octanol–water partition coefficient (Wildman–Crippen LogP) is 3.19. The molecule has 2 aromatic rings. The number of hydrogen-bond acceptors (Lipinski definition) is 9. The number of esters is 1. The van der Waals surface area contributed by atoms with Crippen molar-refractivity contribution in [2.45, 2.75) is 24.9 Å². The number of benzene rings is 2. The van der Waals surface area contributed by atoms with E-state index in [1.54, 1.807) is 0 Å². The lowest BCUT2D eigenvalue weighted by Crippen LogP contribution is -2.61. The smallest absolute Gasteiger partial charge is 0.358 e. The Kier molecular flexibility index (Phi) is 6.31. The maximum absolute atomic E-state index is 12.7. The minimum Gasteiger partial charge on any atom is -0.510 e. The maximum atomic E-state index is 12.7. The molecule has 2 aromatic carbocycles. The summed E-state index contributed by atoms with van der Waals surface area (Å²) >= 11 is 1.29. The van der Waals surface area contributed by atoms with Crippen molar-refractivity contribution in [3.8, 4) is 5.75 Å². The van der Waals surface area contributed by atoms with Gasteiger partial charge in [0.15, 0.2) is 11.7 Å². The van der Waals surface area contributed by atoms with Gasteiger partial charge in [0, 0.05) is 12.1 Å². The zero-order chi connectivity index (χ0) is 23.5. The normalized spacial score (nSPS) is 19.7. The minimum atomic E-state index is -0.880. The van der Waals surface area contributed by atoms with Gasteiger partial charge in [0.05, 0.1) is 4.92 Å². The van der Waals surface area contributed by atoms with Crippen LogP contribution in [0.2, 0.25) is 0 Å². The third-order valence-electron chi connectivity index (χ3n) is 4.95. The summed E-state index contributed by atoms with van der Waals surface area (Å²) in [4.78, 5) is 41.1. The highest BCUT2D eigenvalue weighted by Crippen LogP contribution is 2.42. The highest BCUT2D eigenvalue weighted by molar-refractivity contribution is 8.15. The van der Waals surface area contributed by atoms with Crippen LogP contribution in [0.4, 0.5) is 5.69 Å². The second-order valence-electron chi connectivity index (χ2n) is 7.22. The molecular formula is C22H19N3O7S. The molecule has 33 heavy (non-hydrogen) atoms. The molecule has 2 aliphatic rings. The molecule has 2 unspecified atom stereocenters. The SMILES string of the molecule is CC(O)=C(C(=O)OCc1ccc([N+](=O)[O-])cc1)N1C(=O)C2N=C(COc3ccccc3)SC21. The number of ether oxygens (including phenoxy) is 2. The molecule has 0 saturated carbocycles. The van der Waals surface area contributed by atoms with Crippen LogP contribution in [0.3, 0.4) is 0 Å². The van der Waals surface area contributed by atoms with Crippen LogP contribution in [0.15, 0.2) is 71.0 Å². The Balaban J connectivity index is 1.37. The molecule has 0 spiro atoms. The standard InChI is InChI=1S/C22H19N3O7S/c1-13(26)19(22(28)32-11-14-7-9-15(10-8-14)25(29)30)24-20(27)18-21(24)33-17(23-18)12-31-16-5-3-2-4-6-16/h2-10,18,21,26H,11-12H2,1H3. The Morgan fingerprint density at radius 2 is 1.88 bits per heavy atom. The van der Waals surface area contributed by atoms with E-state index in [0.29, 0.717) is 16.4 Å². The van der Waals surface area contributed by atoms with E-state index in [1.165, 1.54) is 47.9 Å². The minimum absolute atomic E-state index is 0.0839. The van der Waals surface area contributed by atoms with Crippen LogP contribution in [-0.4, -0.2) is 49.9 Å². The van der Waals surface area contributed by atoms with Gasteiger partial charge in [-0.05, 0) is 36.8 Å². The number of amides is 1. The number of para-hydroxylation sites is 1. The summed E-state index contributed by atoms with van der Waals surface area (Å²) in [7, 11) is 0. The molecule has 1 amide bonds. The summed E-state index contributed by atoms with van der Waals surface area (Å²) in [6, 6.07) is 14.0. The van der Waals surface area contributed by atoms with Crippen LogP contribution in [0.1, 0.15) is 12.5 Å². The molecule has 4 rings (SSSR count). The maximum Gasteiger partial charge on any atom is 0.358 e. The Morgan fingerprint density at radius 3 is 2.52 bits per heavy atom. The Morgan fingerprint density at radius 1 is 1.18 bits per heavy atom. The lowest BCUT2D eigenvalue weighted by Gasteiger charge is -2.41. The van der Waals surface area contributed by atoms with E-state index < -0.39 is 28.2 Å². The zero-order valence-corrected chi connectivity index (χ0v) is 18.2. The summed E-state index contributed by atoms with van der Waals surface area (Å²) in [5, 5.41) is 21.0. The van der Waals surface area contributed by atoms with Gasteiger partial charge in [-0.1, -0.05) is 30.0 Å². The number of hydrogen-bond donors (Lipinski definition) is 1. The molecule has 11 heteroatoms. The third-order valence-corrected chi connectivity index (χ3v) is 6.16. The van der Waals surface area contributed by atoms with Gasteiger partial charge in [-0.3, -0.25) is 24.8 Å². The molecule has 10 nitrogen and oxygen atoms in total. The number of non-ortho nitro benzene ring substituents is 1. The van der Waals surface area contributed by atoms with Gasteiger partial charge >= 0.3 is 5.97 Å². The fraction of sp³-hybridized carbons (Fsp3) is 0.227. The number of aliphatic hydroxyl groups is 1. The van der Waals surface area contributed by atoms with E-state index in [9.17, 15) is 24.8 Å². The summed E-state index contributed by atoms with van der Waals surface area (Å²) in [6.07, 6.45) is 0. The monoisotopic (exact) mass is 469 g/mol. The number of carbonyl (C=O) groups excluding carboxylic acids is 2. The van der Waals surface area contributed by atoms with Crippen LogP contribution in [0.5, 0.6) is 5.75 Å². The quantitative estimate of drug-likeness (QED) is 0.156. The Bertz CT molecular complexity index is 1140. The van der Waals surface area contributed by atoms with E-state index in [-0.39, 0.29) is 30.4 Å². The van der Waals surface area contributed by atoms with Crippen molar-refractivity contribution in [3.05, 3.63) is 81.7 Å². The van der Waals surface area contributed by atoms with E-state index in [1.807, 2.05) is 30.3 Å². The van der Waals surface area contributed by atoms with Crippen LogP contribution in [0.25, 0.3) is 0 Å².